The van der Waals surface area contributed by atoms with Crippen molar-refractivity contribution in [2.45, 2.75) is 366 Å². The van der Waals surface area contributed by atoms with Gasteiger partial charge in [0.15, 0.2) is 53.3 Å². The normalized spacial score (nSPS) is 20.1. The topological polar surface area (TPSA) is 252 Å². The smallest absolute Gasteiger partial charge is 0.306 e. The molecule has 4 unspecified atom stereocenters. The van der Waals surface area contributed by atoms with Crippen molar-refractivity contribution >= 4 is 88.0 Å². The van der Waals surface area contributed by atoms with Crippen LogP contribution in [0.2, 0.25) is 0 Å². The van der Waals surface area contributed by atoms with Crippen LogP contribution in [0.4, 0.5) is 0 Å². The van der Waals surface area contributed by atoms with Crippen LogP contribution in [0.3, 0.4) is 0 Å². The third-order valence-electron chi connectivity index (χ3n) is 19.0. The van der Waals surface area contributed by atoms with Gasteiger partial charge in [-0.05, 0) is 56.5 Å². The molecule has 26 heteroatoms. The fraction of sp³-hybridized carbons (Fsp3) is 0.835. The zero-order valence-electron chi connectivity index (χ0n) is 65.2. The van der Waals surface area contributed by atoms with Crippen molar-refractivity contribution in [2.75, 3.05) is 56.3 Å². The maximum Gasteiger partial charge on any atom is 0.306 e. The maximum absolute atomic E-state index is 14.8. The Labute approximate surface area is 650 Å². The Morgan fingerprint density at radius 3 is 1.00 bits per heavy atom. The van der Waals surface area contributed by atoms with Crippen molar-refractivity contribution in [2.24, 2.45) is 0 Å². The van der Waals surface area contributed by atoms with E-state index < -0.39 is 91.3 Å². The molecular formula is C79H138N8O14S4. The van der Waals surface area contributed by atoms with E-state index in [2.05, 4.69) is 65.9 Å². The van der Waals surface area contributed by atoms with Crippen molar-refractivity contribution in [3.63, 3.8) is 0 Å². The molecule has 4 heterocycles. The van der Waals surface area contributed by atoms with Crippen LogP contribution in [-0.2, 0) is 79.7 Å². The number of unbranched alkanes of at least 4 members (excludes halogenated alkanes) is 30. The molecule has 0 spiro atoms. The number of thioether (sulfide) groups is 2. The zero-order valence-corrected chi connectivity index (χ0v) is 68.5. The minimum atomic E-state index is -1.57. The van der Waals surface area contributed by atoms with Crippen LogP contribution in [0.15, 0.2) is 37.4 Å². The lowest BCUT2D eigenvalue weighted by Crippen LogP contribution is -2.67. The number of hydrogen-bond donors (Lipinski definition) is 4. The molecule has 0 bridgehead atoms. The van der Waals surface area contributed by atoms with E-state index >= 15 is 0 Å². The Hall–Kier alpha value is -4.31. The molecule has 0 aliphatic carbocycles. The van der Waals surface area contributed by atoms with Gasteiger partial charge in [0.2, 0.25) is 0 Å². The number of esters is 5. The van der Waals surface area contributed by atoms with Crippen molar-refractivity contribution in [3.8, 4) is 0 Å². The van der Waals surface area contributed by atoms with E-state index in [1.54, 1.807) is 25.0 Å². The second-order valence-corrected chi connectivity index (χ2v) is 31.3. The summed E-state index contributed by atoms with van der Waals surface area (Å²) in [7, 11) is 1.46. The molecule has 10 atom stereocenters. The van der Waals surface area contributed by atoms with Crippen LogP contribution in [0.25, 0.3) is 0 Å². The van der Waals surface area contributed by atoms with Gasteiger partial charge in [0.1, 0.15) is 12.2 Å². The lowest BCUT2D eigenvalue weighted by molar-refractivity contribution is -0.352. The van der Waals surface area contributed by atoms with Crippen LogP contribution >= 0.6 is 48.0 Å². The molecule has 4 N–H and O–H groups in total. The summed E-state index contributed by atoms with van der Waals surface area (Å²) >= 11 is 14.4. The molecule has 2 aliphatic heterocycles. The van der Waals surface area contributed by atoms with E-state index in [1.165, 1.54) is 30.6 Å². The summed E-state index contributed by atoms with van der Waals surface area (Å²) in [5.41, 5.74) is 0. The fourth-order valence-electron chi connectivity index (χ4n) is 12.9. The van der Waals surface area contributed by atoms with E-state index in [4.69, 9.17) is 67.1 Å². The molecule has 2 fully saturated rings. The number of rotatable bonds is 64. The minimum absolute atomic E-state index is 0.0412. The SMILES string of the molecule is CCCCCCCCCC(=O)OC1[C@H](OC)OC(CSCCNC(=S)NCCn2ccnc2)[C@@H](O[C@H]2OC(CSCCNC(=S)NCCn3ccnc3)[C@@H](OC(=O)CCCCCCCCC)C(OC(=O)CCCCCCCCC)[C@@H]2OC(=O)CCCCCCCCC)[C@@H]1OC(=O)CCCCCCCCC. The highest BCUT2D eigenvalue weighted by Crippen LogP contribution is 2.38. The van der Waals surface area contributed by atoms with Crippen molar-refractivity contribution in [1.29, 1.82) is 0 Å². The van der Waals surface area contributed by atoms with Gasteiger partial charge in [-0.1, -0.05) is 227 Å². The van der Waals surface area contributed by atoms with Gasteiger partial charge in [-0.2, -0.15) is 23.5 Å². The first-order chi connectivity index (χ1) is 51.3. The number of methoxy groups -OCH3 is 1. The average molecular weight is 1550 g/mol. The third-order valence-corrected chi connectivity index (χ3v) is 21.7. The Morgan fingerprint density at radius 2 is 0.667 bits per heavy atom. The van der Waals surface area contributed by atoms with E-state index in [-0.39, 0.29) is 43.6 Å². The average Bonchev–Trinajstić information content (AvgIpc) is 0.829. The molecule has 105 heavy (non-hydrogen) atoms. The number of carbonyl (C=O) groups is 5. The van der Waals surface area contributed by atoms with Gasteiger partial charge in [-0.25, -0.2) is 9.97 Å². The van der Waals surface area contributed by atoms with Crippen molar-refractivity contribution in [1.82, 2.24) is 40.4 Å². The lowest BCUT2D eigenvalue weighted by atomic mass is 9.96. The summed E-state index contributed by atoms with van der Waals surface area (Å²) in [6.45, 7) is 14.4. The maximum atomic E-state index is 14.8. The molecule has 2 saturated heterocycles. The number of imidazole rings is 2. The number of ether oxygens (including phenoxy) is 9. The van der Waals surface area contributed by atoms with Gasteiger partial charge in [0.05, 0.1) is 18.8 Å². The Kier molecular flexibility index (Phi) is 54.5. The number of carbonyl (C=O) groups excluding carboxylic acids is 5. The highest BCUT2D eigenvalue weighted by atomic mass is 32.2. The lowest BCUT2D eigenvalue weighted by Gasteiger charge is -2.49. The molecule has 2 aliphatic rings. The molecule has 2 aromatic rings. The second-order valence-electron chi connectivity index (χ2n) is 28.2. The van der Waals surface area contributed by atoms with E-state index in [0.29, 0.717) is 93.1 Å². The second kappa shape index (κ2) is 61.5. The molecule has 22 nitrogen and oxygen atoms in total. The number of thiocarbonyl (C=S) groups is 2. The number of aromatic nitrogens is 4. The van der Waals surface area contributed by atoms with Gasteiger partial charge in [0, 0.05) is 126 Å². The summed E-state index contributed by atoms with van der Waals surface area (Å²) < 4.78 is 64.8. The first kappa shape index (κ1) is 93.1. The number of nitrogens with zero attached hydrogens (tertiary/aromatic N) is 4. The first-order valence-electron chi connectivity index (χ1n) is 40.9. The van der Waals surface area contributed by atoms with Gasteiger partial charge >= 0.3 is 29.8 Å². The Balaban J connectivity index is 1.86. The minimum Gasteiger partial charge on any atom is -0.455 e. The zero-order chi connectivity index (χ0) is 75.6. The fourth-order valence-corrected chi connectivity index (χ4v) is 15.2. The van der Waals surface area contributed by atoms with Crippen LogP contribution in [0, 0.1) is 0 Å². The monoisotopic (exact) mass is 1550 g/mol. The third kappa shape index (κ3) is 43.0. The summed E-state index contributed by atoms with van der Waals surface area (Å²) in [6, 6.07) is 0. The molecule has 602 valence electrons. The quantitative estimate of drug-likeness (QED) is 0.0208. The first-order valence-corrected chi connectivity index (χ1v) is 44.0. The highest BCUT2D eigenvalue weighted by Gasteiger charge is 2.57. The van der Waals surface area contributed by atoms with Crippen LogP contribution in [0.1, 0.15) is 291 Å². The summed E-state index contributed by atoms with van der Waals surface area (Å²) in [4.78, 5) is 81.4. The van der Waals surface area contributed by atoms with Crippen molar-refractivity contribution in [3.05, 3.63) is 37.4 Å². The van der Waals surface area contributed by atoms with Crippen LogP contribution in [0.5, 0.6) is 0 Å². The highest BCUT2D eigenvalue weighted by molar-refractivity contribution is 7.99. The molecule has 0 radical (unpaired) electrons. The van der Waals surface area contributed by atoms with Gasteiger partial charge in [0.25, 0.3) is 0 Å². The Bertz CT molecular complexity index is 2550. The van der Waals surface area contributed by atoms with Gasteiger partial charge < -0.3 is 73.0 Å². The van der Waals surface area contributed by atoms with Crippen molar-refractivity contribution < 1.29 is 66.6 Å². The molecule has 2 aromatic heterocycles. The van der Waals surface area contributed by atoms with E-state index in [9.17, 15) is 24.0 Å². The predicted molar refractivity (Wildman–Crippen MR) is 428 cm³/mol. The largest absolute Gasteiger partial charge is 0.455 e. The molecule has 0 amide bonds. The molecular weight excluding hydrogens is 1410 g/mol. The van der Waals surface area contributed by atoms with Gasteiger partial charge in [-0.3, -0.25) is 24.0 Å². The van der Waals surface area contributed by atoms with Crippen LogP contribution in [-0.4, -0.2) is 177 Å². The summed E-state index contributed by atoms with van der Waals surface area (Å²) in [5, 5.41) is 14.1. The standard InChI is InChI=1S/C79H138N8O14S4/c1-7-12-17-22-27-32-37-42-65(88)96-70-63(59-104-57-51-84-78(102)82-49-55-86-53-47-80-61-86)95-77(75(100-69(92)46-41-36-31-26-21-16-11-5)72(70)97-66(89)43-38-33-28-23-18-13-8-2)101-71-64(60-105-58-52-85-79(103)83-50-56-87-54-48-81-62-87)94-76(93-6)74(99-68(91)45-40-35-30-25-20-15-10-4)73(71)98-67(90)44-39-34-29-24-19-14-9-3/h47-48,53-54,61-64,70-77H,7-46,49-52,55-60H2,1-6H3,(H2,82,84,102)(H2,83,85,103)/t63?,64?,70-,71-,72?,73+,74?,75+,76-,77-/m1/s1. The predicted octanol–water partition coefficient (Wildman–Crippen LogP) is 15.9. The van der Waals surface area contributed by atoms with Gasteiger partial charge in [-0.15, -0.1) is 0 Å². The molecule has 0 saturated carbocycles. The molecule has 4 rings (SSSR count). The summed E-state index contributed by atoms with van der Waals surface area (Å²) in [6.07, 6.45) is 32.2. The molecule has 0 aromatic carbocycles. The van der Waals surface area contributed by atoms with Crippen LogP contribution < -0.4 is 21.3 Å². The Morgan fingerprint density at radius 1 is 0.381 bits per heavy atom. The number of hydrogen-bond acceptors (Lipinski definition) is 20. The van der Waals surface area contributed by atoms with E-state index in [0.717, 1.165) is 193 Å². The summed E-state index contributed by atoms with van der Waals surface area (Å²) in [5.74, 6) is -1.20. The van der Waals surface area contributed by atoms with E-state index in [1.807, 2.05) is 21.5 Å². The number of nitrogens with one attached hydrogen (secondary N) is 4.